The van der Waals surface area contributed by atoms with E-state index in [4.69, 9.17) is 11.5 Å². The van der Waals surface area contributed by atoms with E-state index in [1.54, 1.807) is 50.5 Å². The molecule has 0 bridgehead atoms. The molecule has 2 aliphatic heterocycles. The van der Waals surface area contributed by atoms with E-state index in [1.807, 2.05) is 12.1 Å². The van der Waals surface area contributed by atoms with Gasteiger partial charge < -0.3 is 41.0 Å². The van der Waals surface area contributed by atoms with Crippen molar-refractivity contribution >= 4 is 58.6 Å². The van der Waals surface area contributed by atoms with E-state index in [1.165, 1.54) is 24.0 Å². The number of anilines is 2. The first-order valence-corrected chi connectivity index (χ1v) is 18.2. The second-order valence-electron chi connectivity index (χ2n) is 12.7. The monoisotopic (exact) mass is 952 g/mol. The first kappa shape index (κ1) is 53.2. The molecule has 4 aromatic rings. The minimum atomic E-state index is -3.67. The van der Waals surface area contributed by atoms with E-state index in [0.717, 1.165) is 17.7 Å². The average Bonchev–Trinajstić information content (AvgIpc) is 3.65. The quantitative estimate of drug-likeness (QED) is 0.0563. The van der Waals surface area contributed by atoms with Gasteiger partial charge in [-0.1, -0.05) is 35.5 Å². The third-order valence-electron chi connectivity index (χ3n) is 8.42. The first-order chi connectivity index (χ1) is 28.7. The smallest absolute Gasteiger partial charge is 0.464 e. The third kappa shape index (κ3) is 14.6. The van der Waals surface area contributed by atoms with Gasteiger partial charge in [0.15, 0.2) is 23.0 Å². The Hall–Kier alpha value is -4.91. The molecule has 0 saturated carbocycles. The zero-order chi connectivity index (χ0) is 45.7. The van der Waals surface area contributed by atoms with Crippen LogP contribution in [-0.2, 0) is 19.1 Å². The van der Waals surface area contributed by atoms with Gasteiger partial charge in [0, 0.05) is 63.3 Å². The molecule has 14 nitrogen and oxygen atoms in total. The molecule has 2 aliphatic rings. The maximum Gasteiger partial charge on any atom is 1.00 e. The van der Waals surface area contributed by atoms with E-state index < -0.39 is 48.2 Å². The fraction of sp³-hybridized carbons (Fsp3) is 0.250. The summed E-state index contributed by atoms with van der Waals surface area (Å²) in [5.41, 5.74) is 8.74. The summed E-state index contributed by atoms with van der Waals surface area (Å²) in [6.45, 7) is 0.964. The number of nitrogens with two attached hydrogens (primary N) is 2. The van der Waals surface area contributed by atoms with Crippen LogP contribution in [0.4, 0.5) is 33.1 Å². The van der Waals surface area contributed by atoms with Crippen LogP contribution < -0.4 is 62.9 Å². The van der Waals surface area contributed by atoms with E-state index in [0.29, 0.717) is 30.6 Å². The summed E-state index contributed by atoms with van der Waals surface area (Å²) in [5.74, 6) is 7.23. The molecule has 6 rings (SSSR count). The molecule has 2 fully saturated rings. The number of likely N-dealkylation sites (tertiary alicyclic amines) is 2. The van der Waals surface area contributed by atoms with E-state index >= 15 is 0 Å². The molecule has 0 spiro atoms. The SMILES string of the molecule is CN1CC[C@@](O)(C#Cc2c[c-]ccc2)C1=O.COC(=O)c1nc(-c2cccc(C#C[C@]3(O)CCN(C)C3=O)c2)c(F)cc1N.COC(=O)c1nc(Br)c(F)cc1N.FB(F)F.[K+]. The summed E-state index contributed by atoms with van der Waals surface area (Å²) in [4.78, 5) is 56.9. The molecule has 0 aliphatic carbocycles. The topological polar surface area (TPSA) is 212 Å². The van der Waals surface area contributed by atoms with Crippen LogP contribution in [0.15, 0.2) is 65.3 Å². The van der Waals surface area contributed by atoms with Crippen LogP contribution in [0, 0.1) is 41.4 Å². The van der Waals surface area contributed by atoms with Crippen molar-refractivity contribution in [2.24, 2.45) is 0 Å². The minimum absolute atomic E-state index is 0. The molecule has 4 heterocycles. The number of nitrogen functional groups attached to an aromatic ring is 2. The van der Waals surface area contributed by atoms with Crippen LogP contribution in [0.5, 0.6) is 0 Å². The van der Waals surface area contributed by atoms with Crippen LogP contribution in [0.3, 0.4) is 0 Å². The largest absolute Gasteiger partial charge is 1.00 e. The van der Waals surface area contributed by atoms with Gasteiger partial charge in [-0.15, -0.1) is 5.92 Å². The maximum atomic E-state index is 14.4. The maximum absolute atomic E-state index is 14.4. The molecule has 2 saturated heterocycles. The summed E-state index contributed by atoms with van der Waals surface area (Å²) in [7, 11) is 1.96. The van der Waals surface area contributed by atoms with Gasteiger partial charge in [0.25, 0.3) is 11.8 Å². The van der Waals surface area contributed by atoms with E-state index in [2.05, 4.69) is 65.1 Å². The summed E-state index contributed by atoms with van der Waals surface area (Å²) in [6, 6.07) is 18.4. The van der Waals surface area contributed by atoms with Crippen molar-refractivity contribution in [3.8, 4) is 34.9 Å². The van der Waals surface area contributed by atoms with Crippen molar-refractivity contribution in [3.05, 3.63) is 105 Å². The minimum Gasteiger partial charge on any atom is -0.464 e. The number of hydrogen-bond donors (Lipinski definition) is 4. The molecule has 2 atom stereocenters. The van der Waals surface area contributed by atoms with Crippen molar-refractivity contribution in [2.75, 3.05) is 52.9 Å². The zero-order valence-corrected chi connectivity index (χ0v) is 38.4. The predicted molar refractivity (Wildman–Crippen MR) is 216 cm³/mol. The Morgan fingerprint density at radius 1 is 0.823 bits per heavy atom. The fourth-order valence-corrected chi connectivity index (χ4v) is 5.50. The Morgan fingerprint density at radius 2 is 1.29 bits per heavy atom. The molecular weight excluding hydrogens is 917 g/mol. The van der Waals surface area contributed by atoms with Crippen LogP contribution >= 0.6 is 15.9 Å². The second kappa shape index (κ2) is 24.1. The molecule has 2 aromatic heterocycles. The number of methoxy groups -OCH3 is 2. The Morgan fingerprint density at radius 3 is 1.74 bits per heavy atom. The summed E-state index contributed by atoms with van der Waals surface area (Å²) in [6.07, 6.45) is 0.581. The number of amides is 2. The van der Waals surface area contributed by atoms with Gasteiger partial charge in [0.2, 0.25) is 11.2 Å². The Bertz CT molecular complexity index is 2400. The second-order valence-corrected chi connectivity index (χ2v) is 13.5. The number of esters is 2. The summed E-state index contributed by atoms with van der Waals surface area (Å²) < 4.78 is 65.1. The van der Waals surface area contributed by atoms with Gasteiger partial charge in [-0.05, 0) is 28.1 Å². The Labute approximate surface area is 404 Å². The summed E-state index contributed by atoms with van der Waals surface area (Å²) in [5, 5.41) is 20.4. The van der Waals surface area contributed by atoms with Crippen molar-refractivity contribution in [3.63, 3.8) is 0 Å². The van der Waals surface area contributed by atoms with Crippen molar-refractivity contribution in [1.29, 1.82) is 0 Å². The van der Waals surface area contributed by atoms with Crippen LogP contribution in [0.2, 0.25) is 0 Å². The van der Waals surface area contributed by atoms with E-state index in [9.17, 15) is 51.1 Å². The number of rotatable bonds is 3. The first-order valence-electron chi connectivity index (χ1n) is 17.4. The number of benzene rings is 2. The van der Waals surface area contributed by atoms with Crippen LogP contribution in [-0.4, -0.2) is 114 Å². The number of carbonyl (C=O) groups is 4. The number of carbonyl (C=O) groups excluding carboxylic acids is 4. The standard InChI is InChI=1S/C20H18FN3O4.C13H12NO2.C7H6BrFN2O2.BF3.K/c1-24-9-8-20(27,19(24)26)7-6-12-4-3-5-13(10-12)16-14(21)11-15(22)17(23-16)18(25)28-2;1-14-10-9-13(16,12(14)15)8-7-11-5-3-2-4-6-11;1-13-7(12)5-4(10)2-3(9)6(8)11-5;2-1(3)4;/h3-5,10-11,27H,8-9,22H2,1-2H3;2-3,5-6,16H,9-10H2,1H3;2H,10H2,1H3;;/q;-1;;;+1/t20-;13-;;;/m00.../s1. The normalized spacial score (nSPS) is 17.1. The number of nitrogens with zero attached hydrogens (tertiary/aromatic N) is 4. The Balaban J connectivity index is 0.000000329. The van der Waals surface area contributed by atoms with Gasteiger partial charge in [-0.3, -0.25) is 22.5 Å². The zero-order valence-electron chi connectivity index (χ0n) is 33.7. The predicted octanol–water partition coefficient (Wildman–Crippen LogP) is 0.868. The Kier molecular flexibility index (Phi) is 20.7. The number of ether oxygens (including phenoxy) is 2. The molecule has 22 heteroatoms. The van der Waals surface area contributed by atoms with E-state index in [-0.39, 0.29) is 96.8 Å². The van der Waals surface area contributed by atoms with Crippen molar-refractivity contribution in [1.82, 2.24) is 19.8 Å². The molecule has 6 N–H and O–H groups in total. The third-order valence-corrected chi connectivity index (χ3v) is 8.97. The van der Waals surface area contributed by atoms with Gasteiger partial charge in [-0.2, -0.15) is 30.3 Å². The number of halogens is 6. The van der Waals surface area contributed by atoms with Gasteiger partial charge in [0.05, 0.1) is 25.6 Å². The van der Waals surface area contributed by atoms with Crippen molar-refractivity contribution < 1.29 is 112 Å². The van der Waals surface area contributed by atoms with Gasteiger partial charge >= 0.3 is 70.9 Å². The van der Waals surface area contributed by atoms with Crippen LogP contribution in [0.25, 0.3) is 11.3 Å². The number of aliphatic hydroxyl groups is 2. The van der Waals surface area contributed by atoms with Gasteiger partial charge in [-0.25, -0.2) is 28.3 Å². The number of aromatic nitrogens is 2. The molecule has 2 amide bonds. The number of pyridine rings is 2. The van der Waals surface area contributed by atoms with Crippen LogP contribution in [0.1, 0.15) is 44.9 Å². The van der Waals surface area contributed by atoms with Gasteiger partial charge in [0.1, 0.15) is 10.3 Å². The molecule has 62 heavy (non-hydrogen) atoms. The number of hydrogen-bond acceptors (Lipinski definition) is 12. The fourth-order valence-electron chi connectivity index (χ4n) is 5.21. The molecular formula is C40H36BBrF5KN6O8. The molecule has 2 aromatic carbocycles. The molecule has 0 radical (unpaired) electrons. The average molecular weight is 954 g/mol. The summed E-state index contributed by atoms with van der Waals surface area (Å²) >= 11 is 2.83. The van der Waals surface area contributed by atoms with Crippen molar-refractivity contribution in [2.45, 2.75) is 24.0 Å². The molecule has 320 valence electrons. The number of likely N-dealkylation sites (N-methyl/N-ethyl adjacent to an activating group) is 2. The molecule has 0 unspecified atom stereocenters.